The zero-order valence-corrected chi connectivity index (χ0v) is 18.5. The van der Waals surface area contributed by atoms with Crippen molar-refractivity contribution in [3.8, 4) is 11.1 Å². The number of fused-ring (bicyclic) bond motifs is 1. The molecule has 2 aromatic carbocycles. The van der Waals surface area contributed by atoms with Crippen molar-refractivity contribution < 1.29 is 18.4 Å². The molecule has 0 radical (unpaired) electrons. The molecule has 0 aliphatic carbocycles. The molecule has 0 bridgehead atoms. The third kappa shape index (κ3) is 4.07. The number of anilines is 1. The number of benzene rings is 2. The van der Waals surface area contributed by atoms with Gasteiger partial charge in [-0.15, -0.1) is 0 Å². The molecule has 2 aliphatic heterocycles. The topological polar surface area (TPSA) is 65.8 Å². The molecular weight excluding hydrogens is 421 g/mol. The van der Waals surface area contributed by atoms with Crippen LogP contribution in [0.15, 0.2) is 59.2 Å². The highest BCUT2D eigenvalue weighted by atomic mass is 19.1. The van der Waals surface area contributed by atoms with Gasteiger partial charge >= 0.3 is 0 Å². The third-order valence-corrected chi connectivity index (χ3v) is 6.35. The van der Waals surface area contributed by atoms with E-state index in [4.69, 9.17) is 4.42 Å². The van der Waals surface area contributed by atoms with Crippen LogP contribution < -0.4 is 5.32 Å². The Morgan fingerprint density at radius 3 is 2.85 bits per heavy atom. The van der Waals surface area contributed by atoms with Crippen LogP contribution in [0.1, 0.15) is 28.1 Å². The monoisotopic (exact) mass is 445 g/mol. The van der Waals surface area contributed by atoms with E-state index < -0.39 is 5.82 Å². The number of carbonyl (C=O) groups excluding carboxylic acids is 2. The first-order valence-electron chi connectivity index (χ1n) is 10.9. The van der Waals surface area contributed by atoms with Crippen LogP contribution in [0.5, 0.6) is 0 Å². The minimum Gasteiger partial charge on any atom is -0.464 e. The number of likely N-dealkylation sites (N-methyl/N-ethyl adjacent to an activating group) is 2. The fraction of sp³-hybridized carbons (Fsp3) is 0.231. The van der Waals surface area contributed by atoms with Crippen LogP contribution >= 0.6 is 0 Å². The van der Waals surface area contributed by atoms with Crippen LogP contribution in [0.2, 0.25) is 0 Å². The zero-order valence-electron chi connectivity index (χ0n) is 18.5. The Labute approximate surface area is 191 Å². The average Bonchev–Trinajstić information content (AvgIpc) is 3.53. The molecule has 0 spiro atoms. The lowest BCUT2D eigenvalue weighted by molar-refractivity contribution is -0.110. The molecule has 168 valence electrons. The Kier molecular flexibility index (Phi) is 5.34. The van der Waals surface area contributed by atoms with E-state index >= 15 is 0 Å². The van der Waals surface area contributed by atoms with Gasteiger partial charge in [-0.3, -0.25) is 9.59 Å². The third-order valence-electron chi connectivity index (χ3n) is 6.35. The molecule has 33 heavy (non-hydrogen) atoms. The molecule has 7 heteroatoms. The Balaban J connectivity index is 1.39. The normalized spacial score (nSPS) is 19.1. The number of amides is 2. The number of furan rings is 1. The summed E-state index contributed by atoms with van der Waals surface area (Å²) in [5.74, 6) is -0.256. The molecule has 1 unspecified atom stereocenters. The van der Waals surface area contributed by atoms with Crippen molar-refractivity contribution in [3.05, 3.63) is 77.5 Å². The summed E-state index contributed by atoms with van der Waals surface area (Å²) in [5, 5.41) is 2.73. The SMILES string of the molecule is CN1CCC(N(C)C(=O)c2cccc(-c3coc(/C=C4/C(=O)Nc5ccc(F)cc54)c3)c2)C1. The van der Waals surface area contributed by atoms with Gasteiger partial charge in [0.2, 0.25) is 0 Å². The summed E-state index contributed by atoms with van der Waals surface area (Å²) in [6, 6.07) is 13.6. The van der Waals surface area contributed by atoms with Crippen molar-refractivity contribution in [2.24, 2.45) is 0 Å². The second-order valence-corrected chi connectivity index (χ2v) is 8.64. The second kappa shape index (κ2) is 8.33. The molecule has 1 fully saturated rings. The van der Waals surface area contributed by atoms with E-state index in [1.165, 1.54) is 12.1 Å². The fourth-order valence-corrected chi connectivity index (χ4v) is 4.45. The lowest BCUT2D eigenvalue weighted by atomic mass is 10.0. The van der Waals surface area contributed by atoms with Gasteiger partial charge in [0.25, 0.3) is 11.8 Å². The molecule has 5 rings (SSSR count). The Bertz CT molecular complexity index is 1280. The first-order valence-corrected chi connectivity index (χ1v) is 10.9. The van der Waals surface area contributed by atoms with Crippen LogP contribution in [0, 0.1) is 5.82 Å². The number of hydrogen-bond acceptors (Lipinski definition) is 4. The van der Waals surface area contributed by atoms with Crippen molar-refractivity contribution in [2.75, 3.05) is 32.5 Å². The largest absolute Gasteiger partial charge is 0.464 e. The second-order valence-electron chi connectivity index (χ2n) is 8.64. The highest BCUT2D eigenvalue weighted by Gasteiger charge is 2.27. The molecule has 1 aromatic heterocycles. The van der Waals surface area contributed by atoms with E-state index in [2.05, 4.69) is 17.3 Å². The first-order chi connectivity index (χ1) is 15.9. The lowest BCUT2D eigenvalue weighted by Crippen LogP contribution is -2.38. The van der Waals surface area contributed by atoms with Crippen molar-refractivity contribution in [3.63, 3.8) is 0 Å². The Morgan fingerprint density at radius 1 is 1.21 bits per heavy atom. The van der Waals surface area contributed by atoms with E-state index in [-0.39, 0.29) is 17.9 Å². The molecular formula is C26H24FN3O3. The average molecular weight is 445 g/mol. The van der Waals surface area contributed by atoms with Crippen LogP contribution in [0.3, 0.4) is 0 Å². The van der Waals surface area contributed by atoms with Crippen molar-refractivity contribution in [1.29, 1.82) is 0 Å². The van der Waals surface area contributed by atoms with Gasteiger partial charge in [-0.2, -0.15) is 0 Å². The number of halogens is 1. The van der Waals surface area contributed by atoms with E-state index in [0.717, 1.165) is 30.6 Å². The minimum atomic E-state index is -0.410. The lowest BCUT2D eigenvalue weighted by Gasteiger charge is -2.24. The van der Waals surface area contributed by atoms with Crippen molar-refractivity contribution >= 4 is 29.2 Å². The summed E-state index contributed by atoms with van der Waals surface area (Å²) in [6.07, 6.45) is 4.16. The Morgan fingerprint density at radius 2 is 2.06 bits per heavy atom. The molecule has 0 saturated carbocycles. The summed E-state index contributed by atoms with van der Waals surface area (Å²) < 4.78 is 19.3. The molecule has 1 N–H and O–H groups in total. The van der Waals surface area contributed by atoms with Crippen LogP contribution in [-0.4, -0.2) is 54.8 Å². The number of rotatable bonds is 4. The van der Waals surface area contributed by atoms with Crippen molar-refractivity contribution in [1.82, 2.24) is 9.80 Å². The van der Waals surface area contributed by atoms with Gasteiger partial charge in [-0.05, 0) is 68.1 Å². The molecule has 1 atom stereocenters. The zero-order chi connectivity index (χ0) is 23.1. The van der Waals surface area contributed by atoms with Crippen LogP contribution in [0.25, 0.3) is 22.8 Å². The van der Waals surface area contributed by atoms with E-state index in [1.807, 2.05) is 36.2 Å². The number of hydrogen-bond donors (Lipinski definition) is 1. The van der Waals surface area contributed by atoms with Crippen LogP contribution in [-0.2, 0) is 4.79 Å². The standard InChI is InChI=1S/C26H24FN3O3/c1-29-9-8-20(14-29)30(2)26(32)17-5-3-4-16(10-17)18-11-21(33-15-18)13-23-22-12-19(27)6-7-24(22)28-25(23)31/h3-7,10-13,15,20H,8-9,14H2,1-2H3,(H,28,31)/b23-13+. The maximum atomic E-state index is 13.7. The van der Waals surface area contributed by atoms with Gasteiger partial charge < -0.3 is 19.5 Å². The number of carbonyl (C=O) groups is 2. The summed E-state index contributed by atoms with van der Waals surface area (Å²) in [6.45, 7) is 1.87. The van der Waals surface area contributed by atoms with Gasteiger partial charge in [-0.1, -0.05) is 12.1 Å². The van der Waals surface area contributed by atoms with Gasteiger partial charge in [0.1, 0.15) is 11.6 Å². The number of nitrogens with zero attached hydrogens (tertiary/aromatic N) is 2. The predicted molar refractivity (Wildman–Crippen MR) is 125 cm³/mol. The molecule has 6 nitrogen and oxygen atoms in total. The number of likely N-dealkylation sites (tertiary alicyclic amines) is 1. The van der Waals surface area contributed by atoms with Crippen LogP contribution in [0.4, 0.5) is 10.1 Å². The molecule has 1 saturated heterocycles. The molecule has 2 amide bonds. The first kappa shape index (κ1) is 21.2. The van der Waals surface area contributed by atoms with Gasteiger partial charge in [0.15, 0.2) is 0 Å². The molecule has 3 heterocycles. The summed E-state index contributed by atoms with van der Waals surface area (Å²) in [7, 11) is 3.92. The van der Waals surface area contributed by atoms with Gasteiger partial charge in [0.05, 0.1) is 11.8 Å². The van der Waals surface area contributed by atoms with E-state index in [9.17, 15) is 14.0 Å². The maximum absolute atomic E-state index is 13.7. The van der Waals surface area contributed by atoms with Crippen molar-refractivity contribution in [2.45, 2.75) is 12.5 Å². The quantitative estimate of drug-likeness (QED) is 0.607. The van der Waals surface area contributed by atoms with Gasteiger partial charge in [0, 0.05) is 42.0 Å². The highest BCUT2D eigenvalue weighted by molar-refractivity contribution is 6.34. The summed E-state index contributed by atoms with van der Waals surface area (Å²) >= 11 is 0. The van der Waals surface area contributed by atoms with Gasteiger partial charge in [-0.25, -0.2) is 4.39 Å². The molecule has 2 aliphatic rings. The maximum Gasteiger partial charge on any atom is 0.256 e. The minimum absolute atomic E-state index is 0.00996. The smallest absolute Gasteiger partial charge is 0.256 e. The Hall–Kier alpha value is -3.71. The molecule has 3 aromatic rings. The van der Waals surface area contributed by atoms with E-state index in [1.54, 1.807) is 24.5 Å². The predicted octanol–water partition coefficient (Wildman–Crippen LogP) is 4.35. The number of nitrogens with one attached hydrogen (secondary N) is 1. The summed E-state index contributed by atoms with van der Waals surface area (Å²) in [4.78, 5) is 29.4. The fourth-order valence-electron chi connectivity index (χ4n) is 4.45. The van der Waals surface area contributed by atoms with E-state index in [0.29, 0.717) is 28.1 Å². The highest BCUT2D eigenvalue weighted by Crippen LogP contribution is 2.34. The summed E-state index contributed by atoms with van der Waals surface area (Å²) in [5.41, 5.74) is 3.67.